The molecule has 2 heterocycles. The van der Waals surface area contributed by atoms with Crippen molar-refractivity contribution in [3.63, 3.8) is 0 Å². The smallest absolute Gasteiger partial charge is 0.251 e. The lowest BCUT2D eigenvalue weighted by Gasteiger charge is -2.02. The van der Waals surface area contributed by atoms with Gasteiger partial charge in [-0.25, -0.2) is 0 Å². The molecule has 84 valence electrons. The normalized spacial score (nSPS) is 10.6. The summed E-state index contributed by atoms with van der Waals surface area (Å²) in [5.74, 6) is 0.647. The third-order valence-corrected chi connectivity index (χ3v) is 4.53. The molecule has 0 aliphatic heterocycles. The molecule has 0 spiro atoms. The van der Waals surface area contributed by atoms with Gasteiger partial charge in [-0.1, -0.05) is 35.0 Å². The van der Waals surface area contributed by atoms with Crippen LogP contribution in [0.3, 0.4) is 0 Å². The van der Waals surface area contributed by atoms with Crippen LogP contribution in [-0.2, 0) is 5.75 Å². The molecule has 16 heavy (non-hydrogen) atoms. The lowest BCUT2D eigenvalue weighted by atomic mass is 10.4. The first-order valence-corrected chi connectivity index (χ1v) is 6.97. The van der Waals surface area contributed by atoms with E-state index in [1.807, 2.05) is 12.1 Å². The second kappa shape index (κ2) is 5.27. The van der Waals surface area contributed by atoms with E-state index in [4.69, 9.17) is 23.2 Å². The van der Waals surface area contributed by atoms with Gasteiger partial charge in [0.1, 0.15) is 0 Å². The molecule has 0 N–H and O–H groups in total. The molecule has 0 aliphatic rings. The summed E-state index contributed by atoms with van der Waals surface area (Å²) in [5.41, 5.74) is 0.963. The quantitative estimate of drug-likeness (QED) is 0.486. The van der Waals surface area contributed by atoms with Crippen molar-refractivity contribution >= 4 is 46.3 Å². The fraction of sp³-hybridized carbons (Fsp3) is 0.100. The van der Waals surface area contributed by atoms with Gasteiger partial charge in [0.25, 0.3) is 5.03 Å². The number of pyridine rings is 1. The minimum atomic E-state index is 0.647. The molecule has 2 nitrogen and oxygen atoms in total. The van der Waals surface area contributed by atoms with Gasteiger partial charge in [-0.2, -0.15) is 4.73 Å². The summed E-state index contributed by atoms with van der Waals surface area (Å²) in [4.78, 5) is 0. The Morgan fingerprint density at radius 2 is 2.19 bits per heavy atom. The first-order chi connectivity index (χ1) is 7.66. The Morgan fingerprint density at radius 3 is 2.81 bits per heavy atom. The highest BCUT2D eigenvalue weighted by atomic mass is 35.5. The predicted molar refractivity (Wildman–Crippen MR) is 69.3 cm³/mol. The Bertz CT molecular complexity index is 501. The van der Waals surface area contributed by atoms with Gasteiger partial charge in [-0.3, -0.25) is 0 Å². The number of halogens is 2. The number of nitrogens with zero attached hydrogens (tertiary/aromatic N) is 1. The topological polar surface area (TPSA) is 26.9 Å². The second-order valence-electron chi connectivity index (χ2n) is 3.00. The SMILES string of the molecule is [O-][n+]1ccccc1SCc1cc(Cl)sc1Cl. The van der Waals surface area contributed by atoms with E-state index in [9.17, 15) is 5.21 Å². The minimum absolute atomic E-state index is 0.647. The van der Waals surface area contributed by atoms with Gasteiger partial charge in [0.2, 0.25) is 0 Å². The van der Waals surface area contributed by atoms with Crippen LogP contribution in [0, 0.1) is 5.21 Å². The first kappa shape index (κ1) is 12.0. The van der Waals surface area contributed by atoms with Crippen molar-refractivity contribution in [2.75, 3.05) is 0 Å². The monoisotopic (exact) mass is 291 g/mol. The molecule has 2 aromatic heterocycles. The van der Waals surface area contributed by atoms with E-state index in [0.717, 1.165) is 10.3 Å². The zero-order valence-electron chi connectivity index (χ0n) is 8.02. The molecule has 0 fully saturated rings. The van der Waals surface area contributed by atoms with Crippen molar-refractivity contribution in [3.05, 3.63) is 49.9 Å². The average molecular weight is 292 g/mol. The highest BCUT2D eigenvalue weighted by Gasteiger charge is 2.09. The maximum absolute atomic E-state index is 11.4. The largest absolute Gasteiger partial charge is 0.618 e. The van der Waals surface area contributed by atoms with Gasteiger partial charge in [0.15, 0.2) is 6.20 Å². The Morgan fingerprint density at radius 1 is 1.38 bits per heavy atom. The predicted octanol–water partition coefficient (Wildman–Crippen LogP) is 3.98. The van der Waals surface area contributed by atoms with Gasteiger partial charge in [-0.05, 0) is 17.7 Å². The Labute approximate surface area is 111 Å². The minimum Gasteiger partial charge on any atom is -0.618 e. The lowest BCUT2D eigenvalue weighted by Crippen LogP contribution is -2.27. The van der Waals surface area contributed by atoms with Crippen molar-refractivity contribution in [1.82, 2.24) is 0 Å². The molecule has 6 heteroatoms. The van der Waals surface area contributed by atoms with E-state index in [2.05, 4.69) is 0 Å². The second-order valence-corrected chi connectivity index (χ2v) is 6.28. The molecule has 0 saturated heterocycles. The summed E-state index contributed by atoms with van der Waals surface area (Å²) in [6.45, 7) is 0. The van der Waals surface area contributed by atoms with Crippen LogP contribution in [0.2, 0.25) is 8.67 Å². The van der Waals surface area contributed by atoms with Crippen LogP contribution < -0.4 is 4.73 Å². The molecule has 2 aromatic rings. The summed E-state index contributed by atoms with van der Waals surface area (Å²) in [5, 5.41) is 12.0. The third kappa shape index (κ3) is 2.83. The van der Waals surface area contributed by atoms with Crippen molar-refractivity contribution in [1.29, 1.82) is 0 Å². The molecule has 0 aliphatic carbocycles. The number of aromatic nitrogens is 1. The van der Waals surface area contributed by atoms with E-state index in [1.54, 1.807) is 12.1 Å². The summed E-state index contributed by atoms with van der Waals surface area (Å²) >= 11 is 14.6. The fourth-order valence-corrected chi connectivity index (χ4v) is 3.70. The number of rotatable bonds is 3. The molecule has 0 unspecified atom stereocenters. The fourth-order valence-electron chi connectivity index (χ4n) is 1.15. The van der Waals surface area contributed by atoms with Crippen LogP contribution in [0.1, 0.15) is 5.56 Å². The van der Waals surface area contributed by atoms with E-state index in [0.29, 0.717) is 19.5 Å². The highest BCUT2D eigenvalue weighted by Crippen LogP contribution is 2.34. The molecule has 0 amide bonds. The maximum Gasteiger partial charge on any atom is 0.251 e. The van der Waals surface area contributed by atoms with Crippen molar-refractivity contribution in [3.8, 4) is 0 Å². The van der Waals surface area contributed by atoms with Gasteiger partial charge in [-0.15, -0.1) is 11.3 Å². The van der Waals surface area contributed by atoms with Crippen LogP contribution in [0.5, 0.6) is 0 Å². The van der Waals surface area contributed by atoms with Gasteiger partial charge in [0, 0.05) is 17.9 Å². The van der Waals surface area contributed by atoms with Crippen molar-refractivity contribution < 1.29 is 4.73 Å². The number of hydrogen-bond donors (Lipinski definition) is 0. The number of hydrogen-bond acceptors (Lipinski definition) is 3. The van der Waals surface area contributed by atoms with Crippen LogP contribution in [0.25, 0.3) is 0 Å². The third-order valence-electron chi connectivity index (χ3n) is 1.89. The number of thioether (sulfide) groups is 1. The molecule has 0 saturated carbocycles. The summed E-state index contributed by atoms with van der Waals surface area (Å²) in [6, 6.07) is 7.14. The van der Waals surface area contributed by atoms with Crippen LogP contribution in [-0.4, -0.2) is 0 Å². The molecule has 2 rings (SSSR count). The van der Waals surface area contributed by atoms with Crippen molar-refractivity contribution in [2.45, 2.75) is 10.8 Å². The van der Waals surface area contributed by atoms with Crippen molar-refractivity contribution in [2.24, 2.45) is 0 Å². The molecular weight excluding hydrogens is 285 g/mol. The van der Waals surface area contributed by atoms with E-state index in [-0.39, 0.29) is 0 Å². The highest BCUT2D eigenvalue weighted by molar-refractivity contribution is 7.98. The summed E-state index contributed by atoms with van der Waals surface area (Å²) in [7, 11) is 0. The molecule has 0 aromatic carbocycles. The summed E-state index contributed by atoms with van der Waals surface area (Å²) < 4.78 is 2.20. The molecule has 0 radical (unpaired) electrons. The molecule has 0 atom stereocenters. The zero-order chi connectivity index (χ0) is 11.5. The Hall–Kier alpha value is -0.420. The lowest BCUT2D eigenvalue weighted by molar-refractivity contribution is -0.645. The van der Waals surface area contributed by atoms with E-state index < -0.39 is 0 Å². The summed E-state index contributed by atoms with van der Waals surface area (Å²) in [6.07, 6.45) is 1.48. The first-order valence-electron chi connectivity index (χ1n) is 4.41. The van der Waals surface area contributed by atoms with Crippen LogP contribution in [0.4, 0.5) is 0 Å². The molecule has 0 bridgehead atoms. The van der Waals surface area contributed by atoms with Gasteiger partial charge < -0.3 is 5.21 Å². The molecular formula is C10H7Cl2NOS2. The van der Waals surface area contributed by atoms with Crippen LogP contribution >= 0.6 is 46.3 Å². The van der Waals surface area contributed by atoms with Gasteiger partial charge >= 0.3 is 0 Å². The average Bonchev–Trinajstić information content (AvgIpc) is 2.56. The maximum atomic E-state index is 11.4. The number of thiophene rings is 1. The standard InChI is InChI=1S/C10H7Cl2NOS2/c11-8-5-7(10(12)16-8)6-15-9-3-1-2-4-13(9)14/h1-5H,6H2. The Kier molecular flexibility index (Phi) is 3.97. The zero-order valence-corrected chi connectivity index (χ0v) is 11.2. The van der Waals surface area contributed by atoms with E-state index in [1.165, 1.54) is 29.3 Å². The van der Waals surface area contributed by atoms with Gasteiger partial charge in [0.05, 0.1) is 8.67 Å². The van der Waals surface area contributed by atoms with E-state index >= 15 is 0 Å². The Balaban J connectivity index is 2.08. The van der Waals surface area contributed by atoms with Crippen LogP contribution in [0.15, 0.2) is 35.5 Å².